The van der Waals surface area contributed by atoms with E-state index in [4.69, 9.17) is 21.4 Å². The topological polar surface area (TPSA) is 52.8 Å². The monoisotopic (exact) mass is 1010 g/mol. The van der Waals surface area contributed by atoms with Crippen LogP contribution in [0.3, 0.4) is 0 Å². The molecular weight excluding hydrogens is 950 g/mol. The summed E-state index contributed by atoms with van der Waals surface area (Å²) in [5.74, 6) is 0. The molecule has 4 bridgehead atoms. The SMILES string of the molecule is C=C1Cc2c(nnn2Cc2ccccc2)C2=C(CCC3N4c5ccccc5CC5N(CCCC[N+]3(I)c3ccccc34)c3ccccc3N5/C1=C/C=C\C)P(Cc1ccccc1)N=[PH]2C. The van der Waals surface area contributed by atoms with Gasteiger partial charge in [0, 0.05) is 57.1 Å². The van der Waals surface area contributed by atoms with Gasteiger partial charge in [0.2, 0.25) is 0 Å². The van der Waals surface area contributed by atoms with Crippen molar-refractivity contribution in [1.29, 1.82) is 0 Å². The first-order valence-corrected chi connectivity index (χ1v) is 27.6. The van der Waals surface area contributed by atoms with Gasteiger partial charge < -0.3 is 9.80 Å². The van der Waals surface area contributed by atoms with E-state index in [2.05, 4.69) is 208 Å². The molecule has 5 aliphatic rings. The number of benzene rings is 5. The number of anilines is 4. The normalized spacial score (nSPS) is 24.5. The summed E-state index contributed by atoms with van der Waals surface area (Å²) >= 11 is 2.86. The molecule has 11 heteroatoms. The maximum absolute atomic E-state index is 5.81. The summed E-state index contributed by atoms with van der Waals surface area (Å²) in [6.45, 7) is 12.2. The lowest BCUT2D eigenvalue weighted by molar-refractivity contribution is 0.374. The molecule has 5 aliphatic heterocycles. The fourth-order valence-electron chi connectivity index (χ4n) is 11.0. The molecule has 5 atom stereocenters. The molecule has 0 fully saturated rings. The Hall–Kier alpha value is -5.05. The third-order valence-corrected chi connectivity index (χ3v) is 21.0. The third kappa shape index (κ3) is 7.66. The number of para-hydroxylation sites is 5. The summed E-state index contributed by atoms with van der Waals surface area (Å²) in [6.07, 6.45) is 13.4. The highest BCUT2D eigenvalue weighted by molar-refractivity contribution is 14.1. The minimum absolute atomic E-state index is 0.0334. The van der Waals surface area contributed by atoms with Crippen molar-refractivity contribution in [2.24, 2.45) is 4.52 Å². The van der Waals surface area contributed by atoms with Gasteiger partial charge in [-0.2, -0.15) is 0 Å². The lowest BCUT2D eigenvalue weighted by atomic mass is 10.0. The molecular formula is C54H56IN8P2+. The predicted octanol–water partition coefficient (Wildman–Crippen LogP) is 13.8. The Morgan fingerprint density at radius 3 is 2.29 bits per heavy atom. The smallest absolute Gasteiger partial charge is 0.256 e. The first-order valence-electron chi connectivity index (χ1n) is 23.2. The van der Waals surface area contributed by atoms with Gasteiger partial charge >= 0.3 is 0 Å². The Kier molecular flexibility index (Phi) is 11.8. The number of nitrogens with zero attached hydrogens (tertiary/aromatic N) is 8. The van der Waals surface area contributed by atoms with Crippen LogP contribution in [-0.2, 0) is 25.5 Å². The molecule has 0 spiro atoms. The van der Waals surface area contributed by atoms with Gasteiger partial charge in [-0.25, -0.2) is 7.38 Å². The van der Waals surface area contributed by atoms with Crippen LogP contribution in [-0.4, -0.2) is 47.1 Å². The second-order valence-corrected chi connectivity index (χ2v) is 23.7. The highest BCUT2D eigenvalue weighted by Crippen LogP contribution is 2.69. The second kappa shape index (κ2) is 18.0. The molecule has 6 aromatic rings. The fraction of sp³-hybridized carbons (Fsp3) is 0.259. The largest absolute Gasteiger partial charge is 0.349 e. The van der Waals surface area contributed by atoms with Gasteiger partial charge in [0.15, 0.2) is 11.9 Å². The average molecular weight is 1010 g/mol. The Labute approximate surface area is 400 Å². The van der Waals surface area contributed by atoms with Crippen LogP contribution in [0.25, 0.3) is 5.31 Å². The zero-order valence-electron chi connectivity index (χ0n) is 37.3. The summed E-state index contributed by atoms with van der Waals surface area (Å²) < 4.78 is 8.83. The van der Waals surface area contributed by atoms with Crippen molar-refractivity contribution < 1.29 is 0 Å². The van der Waals surface area contributed by atoms with Gasteiger partial charge in [0.05, 0.1) is 35.8 Å². The molecule has 8 nitrogen and oxygen atoms in total. The van der Waals surface area contributed by atoms with Crippen LogP contribution in [0.4, 0.5) is 28.4 Å². The van der Waals surface area contributed by atoms with Gasteiger partial charge in [0.25, 0.3) is 22.9 Å². The van der Waals surface area contributed by atoms with Crippen molar-refractivity contribution in [1.82, 2.24) is 17.7 Å². The van der Waals surface area contributed by atoms with E-state index in [1.165, 1.54) is 55.8 Å². The number of fused-ring (bicyclic) bond motifs is 7. The van der Waals surface area contributed by atoms with Crippen LogP contribution in [0.2, 0.25) is 0 Å². The number of quaternary nitrogens is 1. The molecule has 5 unspecified atom stereocenters. The molecule has 328 valence electrons. The highest BCUT2D eigenvalue weighted by Gasteiger charge is 2.52. The molecule has 0 N–H and O–H groups in total. The number of hydrogen-bond donors (Lipinski definition) is 0. The van der Waals surface area contributed by atoms with Gasteiger partial charge in [0.1, 0.15) is 17.5 Å². The van der Waals surface area contributed by atoms with Crippen LogP contribution in [0.1, 0.15) is 60.7 Å². The van der Waals surface area contributed by atoms with E-state index in [0.29, 0.717) is 13.0 Å². The van der Waals surface area contributed by atoms with Crippen molar-refractivity contribution in [3.8, 4) is 0 Å². The van der Waals surface area contributed by atoms with E-state index in [-0.39, 0.29) is 12.3 Å². The van der Waals surface area contributed by atoms with Crippen LogP contribution < -0.4 is 17.4 Å². The summed E-state index contributed by atoms with van der Waals surface area (Å²) in [6, 6.07) is 49.4. The maximum atomic E-state index is 5.81. The number of hydrogen-bond acceptors (Lipinski definition) is 6. The van der Waals surface area contributed by atoms with E-state index in [9.17, 15) is 0 Å². The standard InChI is InChI=1S/C54H56IN8P2/c1-4-5-25-43-39(2)35-48-53(56-57-60(48)37-40-20-8-6-9-21-40)54-50(65(58-64(54)3)38-41-22-10-7-11-23-41)31-32-52-62-44-26-13-12-24-42(44)36-51-59(45-27-14-15-28-46(45)61(43)51)33-18-19-34-63(52,55)49-30-17-16-29-47(49)62/h4-17,20-30,51-52,64H,2,18-19,31-38H2,1,3H3/q+1/b5-4-,43-25+. The first kappa shape index (κ1) is 42.6. The van der Waals surface area contributed by atoms with Gasteiger partial charge in [-0.1, -0.05) is 127 Å². The summed E-state index contributed by atoms with van der Waals surface area (Å²) in [5.41, 5.74) is 14.8. The average Bonchev–Trinajstić information content (AvgIpc) is 4.02. The molecule has 6 heterocycles. The molecule has 0 saturated carbocycles. The van der Waals surface area contributed by atoms with Crippen LogP contribution in [0.5, 0.6) is 0 Å². The van der Waals surface area contributed by atoms with E-state index in [1.54, 1.807) is 0 Å². The fourth-order valence-corrected chi connectivity index (χ4v) is 18.4. The van der Waals surface area contributed by atoms with Gasteiger partial charge in [-0.05, 0) is 98.5 Å². The highest BCUT2D eigenvalue weighted by atomic mass is 127. The van der Waals surface area contributed by atoms with Crippen LogP contribution >= 0.6 is 38.7 Å². The number of allylic oxidation sites excluding steroid dienone is 5. The first-order chi connectivity index (χ1) is 31.9. The van der Waals surface area contributed by atoms with E-state index < -0.39 is 15.8 Å². The molecule has 0 radical (unpaired) electrons. The zero-order valence-corrected chi connectivity index (χ0v) is 41.3. The summed E-state index contributed by atoms with van der Waals surface area (Å²) in [7, 11) is -2.15. The third-order valence-electron chi connectivity index (χ3n) is 14.0. The van der Waals surface area contributed by atoms with E-state index in [0.717, 1.165) is 76.7 Å². The summed E-state index contributed by atoms with van der Waals surface area (Å²) in [5, 5.41) is 13.2. The lowest BCUT2D eigenvalue weighted by Gasteiger charge is -2.39. The Morgan fingerprint density at radius 2 is 1.51 bits per heavy atom. The Morgan fingerprint density at radius 1 is 0.815 bits per heavy atom. The molecule has 1 aromatic heterocycles. The lowest BCUT2D eigenvalue weighted by Crippen LogP contribution is -2.52. The Balaban J connectivity index is 1.17. The minimum Gasteiger partial charge on any atom is -0.349 e. The van der Waals surface area contributed by atoms with Crippen LogP contribution in [0.15, 0.2) is 179 Å². The maximum Gasteiger partial charge on any atom is 0.256 e. The zero-order chi connectivity index (χ0) is 44.1. The van der Waals surface area contributed by atoms with E-state index >= 15 is 0 Å². The second-order valence-electron chi connectivity index (χ2n) is 17.9. The molecule has 11 rings (SSSR count). The molecule has 5 aromatic carbocycles. The quantitative estimate of drug-likeness (QED) is 0.0978. The van der Waals surface area contributed by atoms with Crippen LogP contribution in [0, 0.1) is 0 Å². The molecule has 65 heavy (non-hydrogen) atoms. The molecule has 0 aliphatic carbocycles. The minimum atomic E-state index is -1.34. The van der Waals surface area contributed by atoms with Crippen molar-refractivity contribution in [3.05, 3.63) is 203 Å². The molecule has 0 saturated heterocycles. The predicted molar refractivity (Wildman–Crippen MR) is 284 cm³/mol. The van der Waals surface area contributed by atoms with Crippen molar-refractivity contribution >= 4 is 72.4 Å². The summed E-state index contributed by atoms with van der Waals surface area (Å²) in [4.78, 5) is 8.07. The van der Waals surface area contributed by atoms with Crippen molar-refractivity contribution in [2.75, 3.05) is 34.5 Å². The van der Waals surface area contributed by atoms with E-state index in [1.807, 2.05) is 0 Å². The number of halogens is 1. The van der Waals surface area contributed by atoms with Crippen molar-refractivity contribution in [3.63, 3.8) is 0 Å². The number of rotatable bonds is 5. The molecule has 0 amide bonds. The Bertz CT molecular complexity index is 2910. The number of aromatic nitrogens is 3. The van der Waals surface area contributed by atoms with Gasteiger partial charge in [-0.15, -0.1) is 5.10 Å². The van der Waals surface area contributed by atoms with Gasteiger partial charge in [-0.3, -0.25) is 9.42 Å². The van der Waals surface area contributed by atoms with Crippen molar-refractivity contribution in [2.45, 2.75) is 70.5 Å².